The molecule has 1 N–H and O–H groups in total. The molecule has 0 aliphatic heterocycles. The van der Waals surface area contributed by atoms with E-state index in [2.05, 4.69) is 5.32 Å². The smallest absolute Gasteiger partial charge is 0.259 e. The second kappa shape index (κ2) is 6.15. The molecule has 2 aromatic carbocycles. The van der Waals surface area contributed by atoms with Crippen LogP contribution in [0, 0.1) is 5.82 Å². The Morgan fingerprint density at radius 2 is 1.86 bits per heavy atom. The highest BCUT2D eigenvalue weighted by Gasteiger charge is 2.16. The van der Waals surface area contributed by atoms with E-state index in [4.69, 9.17) is 4.74 Å². The van der Waals surface area contributed by atoms with E-state index in [1.807, 2.05) is 0 Å². The first-order valence-corrected chi connectivity index (χ1v) is 8.16. The van der Waals surface area contributed by atoms with Crippen molar-refractivity contribution in [2.24, 2.45) is 0 Å². The maximum atomic E-state index is 13.8. The average Bonchev–Trinajstić information content (AvgIpc) is 2.48. The number of amides is 1. The molecule has 0 spiro atoms. The number of rotatable bonds is 4. The van der Waals surface area contributed by atoms with Crippen LogP contribution in [0.15, 0.2) is 47.4 Å². The van der Waals surface area contributed by atoms with Gasteiger partial charge in [-0.15, -0.1) is 0 Å². The first kappa shape index (κ1) is 16.0. The quantitative estimate of drug-likeness (QED) is 0.878. The van der Waals surface area contributed by atoms with Crippen molar-refractivity contribution < 1.29 is 22.3 Å². The summed E-state index contributed by atoms with van der Waals surface area (Å²) in [5.41, 5.74) is 0.00740. The maximum Gasteiger partial charge on any atom is 0.259 e. The highest BCUT2D eigenvalue weighted by atomic mass is 32.2. The van der Waals surface area contributed by atoms with Gasteiger partial charge in [-0.1, -0.05) is 12.1 Å². The summed E-state index contributed by atoms with van der Waals surface area (Å²) in [6, 6.07) is 9.67. The SMILES string of the molecule is COc1ccccc1C(=O)Nc1cc(S(C)(=O)=O)ccc1F. The van der Waals surface area contributed by atoms with Gasteiger partial charge in [-0.3, -0.25) is 4.79 Å². The minimum atomic E-state index is -3.50. The topological polar surface area (TPSA) is 72.5 Å². The molecule has 0 saturated carbocycles. The van der Waals surface area contributed by atoms with Crippen LogP contribution in [-0.2, 0) is 9.84 Å². The van der Waals surface area contributed by atoms with E-state index in [-0.39, 0.29) is 16.1 Å². The maximum absolute atomic E-state index is 13.8. The molecule has 0 fully saturated rings. The molecule has 2 aromatic rings. The Morgan fingerprint density at radius 3 is 2.50 bits per heavy atom. The molecule has 1 amide bonds. The third-order valence-corrected chi connectivity index (χ3v) is 4.08. The fourth-order valence-corrected chi connectivity index (χ4v) is 2.50. The number of hydrogen-bond donors (Lipinski definition) is 1. The zero-order valence-corrected chi connectivity index (χ0v) is 12.8. The number of para-hydroxylation sites is 1. The van der Waals surface area contributed by atoms with E-state index >= 15 is 0 Å². The van der Waals surface area contributed by atoms with Gasteiger partial charge < -0.3 is 10.1 Å². The van der Waals surface area contributed by atoms with Crippen LogP contribution in [0.3, 0.4) is 0 Å². The van der Waals surface area contributed by atoms with Crippen LogP contribution >= 0.6 is 0 Å². The fourth-order valence-electron chi connectivity index (χ4n) is 1.85. The number of ether oxygens (including phenoxy) is 1. The monoisotopic (exact) mass is 323 g/mol. The summed E-state index contributed by atoms with van der Waals surface area (Å²) in [6.07, 6.45) is 1.01. The molecule has 0 unspecified atom stereocenters. The highest BCUT2D eigenvalue weighted by Crippen LogP contribution is 2.23. The normalized spacial score (nSPS) is 11.0. The number of halogens is 1. The highest BCUT2D eigenvalue weighted by molar-refractivity contribution is 7.90. The minimum absolute atomic E-state index is 0.0794. The van der Waals surface area contributed by atoms with Crippen molar-refractivity contribution in [3.8, 4) is 5.75 Å². The number of carbonyl (C=O) groups excluding carboxylic acids is 1. The van der Waals surface area contributed by atoms with E-state index in [0.717, 1.165) is 24.5 Å². The first-order chi connectivity index (χ1) is 10.3. The van der Waals surface area contributed by atoms with E-state index in [0.29, 0.717) is 5.75 Å². The van der Waals surface area contributed by atoms with E-state index in [9.17, 15) is 17.6 Å². The molecule has 0 aromatic heterocycles. The fraction of sp³-hybridized carbons (Fsp3) is 0.133. The molecule has 0 aliphatic rings. The molecule has 2 rings (SSSR count). The Hall–Kier alpha value is -2.41. The number of nitrogens with one attached hydrogen (secondary N) is 1. The molecule has 0 bridgehead atoms. The second-order valence-electron chi connectivity index (χ2n) is 4.57. The molecular formula is C15H14FNO4S. The Kier molecular flexibility index (Phi) is 4.46. The third-order valence-electron chi connectivity index (χ3n) is 2.97. The lowest BCUT2D eigenvalue weighted by Gasteiger charge is -2.10. The van der Waals surface area contributed by atoms with Gasteiger partial charge in [0.2, 0.25) is 0 Å². The number of methoxy groups -OCH3 is 1. The van der Waals surface area contributed by atoms with E-state index < -0.39 is 21.6 Å². The predicted octanol–water partition coefficient (Wildman–Crippen LogP) is 2.49. The lowest BCUT2D eigenvalue weighted by molar-refractivity contribution is 0.102. The summed E-state index contributed by atoms with van der Waals surface area (Å²) in [5, 5.41) is 2.36. The zero-order valence-electron chi connectivity index (χ0n) is 12.0. The number of hydrogen-bond acceptors (Lipinski definition) is 4. The molecule has 0 aliphatic carbocycles. The minimum Gasteiger partial charge on any atom is -0.496 e. The van der Waals surface area contributed by atoms with Crippen LogP contribution < -0.4 is 10.1 Å². The van der Waals surface area contributed by atoms with Crippen molar-refractivity contribution in [1.29, 1.82) is 0 Å². The summed E-state index contributed by atoms with van der Waals surface area (Å²) in [6.45, 7) is 0. The van der Waals surface area contributed by atoms with Crippen molar-refractivity contribution >= 4 is 21.4 Å². The molecule has 0 atom stereocenters. The Labute approximate surface area is 127 Å². The van der Waals surface area contributed by atoms with Crippen LogP contribution in [0.2, 0.25) is 0 Å². The standard InChI is InChI=1S/C15H14FNO4S/c1-21-14-6-4-3-5-11(14)15(18)17-13-9-10(22(2,19)20)7-8-12(13)16/h3-9H,1-2H3,(H,17,18). The van der Waals surface area contributed by atoms with Crippen molar-refractivity contribution in [2.75, 3.05) is 18.7 Å². The van der Waals surface area contributed by atoms with Gasteiger partial charge in [-0.25, -0.2) is 12.8 Å². The van der Waals surface area contributed by atoms with Gasteiger partial charge in [0.1, 0.15) is 11.6 Å². The van der Waals surface area contributed by atoms with Crippen LogP contribution in [-0.4, -0.2) is 27.7 Å². The van der Waals surface area contributed by atoms with E-state index in [1.54, 1.807) is 18.2 Å². The van der Waals surface area contributed by atoms with Gasteiger partial charge in [-0.2, -0.15) is 0 Å². The molecule has 22 heavy (non-hydrogen) atoms. The summed E-state index contributed by atoms with van der Waals surface area (Å²) < 4.78 is 41.8. The van der Waals surface area contributed by atoms with Gasteiger partial charge in [0, 0.05) is 6.26 Å². The van der Waals surface area contributed by atoms with Crippen LogP contribution in [0.25, 0.3) is 0 Å². The lowest BCUT2D eigenvalue weighted by Crippen LogP contribution is -2.14. The molecule has 5 nitrogen and oxygen atoms in total. The molecular weight excluding hydrogens is 309 g/mol. The van der Waals surface area contributed by atoms with Crippen molar-refractivity contribution in [1.82, 2.24) is 0 Å². The number of benzene rings is 2. The van der Waals surface area contributed by atoms with Crippen molar-refractivity contribution in [3.63, 3.8) is 0 Å². The van der Waals surface area contributed by atoms with Gasteiger partial charge in [0.15, 0.2) is 9.84 Å². The van der Waals surface area contributed by atoms with Crippen LogP contribution in [0.4, 0.5) is 10.1 Å². The largest absolute Gasteiger partial charge is 0.496 e. The molecule has 0 heterocycles. The van der Waals surface area contributed by atoms with Gasteiger partial charge in [0.25, 0.3) is 5.91 Å². The van der Waals surface area contributed by atoms with Crippen molar-refractivity contribution in [2.45, 2.75) is 4.90 Å². The summed E-state index contributed by atoms with van der Waals surface area (Å²) in [5.74, 6) is -0.989. The molecule has 0 saturated heterocycles. The average molecular weight is 323 g/mol. The predicted molar refractivity (Wildman–Crippen MR) is 80.5 cm³/mol. The molecule has 0 radical (unpaired) electrons. The van der Waals surface area contributed by atoms with Crippen molar-refractivity contribution in [3.05, 3.63) is 53.8 Å². The third kappa shape index (κ3) is 3.43. The van der Waals surface area contributed by atoms with E-state index in [1.165, 1.54) is 13.2 Å². The van der Waals surface area contributed by atoms with Crippen LogP contribution in [0.5, 0.6) is 5.75 Å². The first-order valence-electron chi connectivity index (χ1n) is 6.27. The zero-order chi connectivity index (χ0) is 16.3. The Balaban J connectivity index is 2.36. The second-order valence-corrected chi connectivity index (χ2v) is 6.58. The summed E-state index contributed by atoms with van der Waals surface area (Å²) in [4.78, 5) is 12.1. The van der Waals surface area contributed by atoms with Gasteiger partial charge >= 0.3 is 0 Å². The van der Waals surface area contributed by atoms with Crippen LogP contribution in [0.1, 0.15) is 10.4 Å². The van der Waals surface area contributed by atoms with Gasteiger partial charge in [0.05, 0.1) is 23.3 Å². The summed E-state index contributed by atoms with van der Waals surface area (Å²) in [7, 11) is -2.08. The lowest BCUT2D eigenvalue weighted by atomic mass is 10.2. The number of anilines is 1. The number of sulfone groups is 1. The Bertz CT molecular complexity index is 818. The molecule has 7 heteroatoms. The molecule has 116 valence electrons. The Morgan fingerprint density at radius 1 is 1.18 bits per heavy atom. The number of carbonyl (C=O) groups is 1. The summed E-state index contributed by atoms with van der Waals surface area (Å²) >= 11 is 0. The van der Waals surface area contributed by atoms with Gasteiger partial charge in [-0.05, 0) is 30.3 Å².